The van der Waals surface area contributed by atoms with Crippen molar-refractivity contribution in [3.8, 4) is 5.75 Å². The Hall–Kier alpha value is -0.124. The van der Waals surface area contributed by atoms with Crippen molar-refractivity contribution in [1.82, 2.24) is 0 Å². The molecule has 2 nitrogen and oxygen atoms in total. The fraction of sp³-hybridized carbons (Fsp3) is 0.143. The van der Waals surface area contributed by atoms with Crippen LogP contribution >= 0.6 is 0 Å². The topological polar surface area (TPSA) is 40.5 Å². The molecule has 0 aliphatic carbocycles. The van der Waals surface area contributed by atoms with Gasteiger partial charge < -0.3 is 10.2 Å². The predicted molar refractivity (Wildman–Crippen MR) is 42.6 cm³/mol. The fourth-order valence-electron chi connectivity index (χ4n) is 0.601. The minimum absolute atomic E-state index is 0. The van der Waals surface area contributed by atoms with E-state index < -0.39 is 0 Å². The normalized spacial score (nSPS) is 8.50. The van der Waals surface area contributed by atoms with E-state index in [1.165, 1.54) is 0 Å². The van der Waals surface area contributed by atoms with Gasteiger partial charge in [-0.2, -0.15) is 0 Å². The second kappa shape index (κ2) is 4.65. The molecule has 0 heterocycles. The molecule has 0 bridgehead atoms. The number of benzene rings is 1. The van der Waals surface area contributed by atoms with Crippen molar-refractivity contribution >= 4 is 26.6 Å². The Morgan fingerprint density at radius 3 is 2.00 bits per heavy atom. The molecule has 0 spiro atoms. The Morgan fingerprint density at radius 1 is 1.10 bits per heavy atom. The van der Waals surface area contributed by atoms with E-state index >= 15 is 0 Å². The third-order valence-corrected chi connectivity index (χ3v) is 1.12. The molecule has 0 atom stereocenters. The number of aromatic hydroxyl groups is 1. The SMILES string of the molecule is OCc1ccc(O)cc1.[PoH2]. The summed E-state index contributed by atoms with van der Waals surface area (Å²) >= 11 is 0. The summed E-state index contributed by atoms with van der Waals surface area (Å²) in [5.41, 5.74) is 0.813. The van der Waals surface area contributed by atoms with Gasteiger partial charge in [0.25, 0.3) is 0 Å². The van der Waals surface area contributed by atoms with Crippen LogP contribution in [0.4, 0.5) is 0 Å². The number of aliphatic hydroxyl groups is 1. The van der Waals surface area contributed by atoms with Crippen LogP contribution in [0, 0.1) is 0 Å². The summed E-state index contributed by atoms with van der Waals surface area (Å²) in [7, 11) is 0. The van der Waals surface area contributed by atoms with Crippen LogP contribution in [0.15, 0.2) is 24.3 Å². The summed E-state index contributed by atoms with van der Waals surface area (Å²) in [6.45, 7) is 0.0281. The number of phenolic OH excluding ortho intramolecular Hbond substituents is 1. The molecule has 0 aromatic heterocycles. The van der Waals surface area contributed by atoms with Crippen LogP contribution in [0.3, 0.4) is 0 Å². The van der Waals surface area contributed by atoms with Crippen molar-refractivity contribution < 1.29 is 10.2 Å². The average molecular weight is 335 g/mol. The maximum atomic E-state index is 8.77. The van der Waals surface area contributed by atoms with Gasteiger partial charge in [-0.05, 0) is 17.7 Å². The predicted octanol–water partition coefficient (Wildman–Crippen LogP) is -0.0317. The van der Waals surface area contributed by atoms with Gasteiger partial charge in [0, 0.05) is 0 Å². The van der Waals surface area contributed by atoms with Gasteiger partial charge >= 0.3 is 26.6 Å². The molecule has 0 amide bonds. The molecule has 0 radical (unpaired) electrons. The van der Waals surface area contributed by atoms with E-state index in [0.717, 1.165) is 5.56 Å². The van der Waals surface area contributed by atoms with Crippen molar-refractivity contribution in [2.75, 3.05) is 0 Å². The first-order valence-corrected chi connectivity index (χ1v) is 2.71. The molecule has 56 valence electrons. The van der Waals surface area contributed by atoms with Gasteiger partial charge in [0.2, 0.25) is 0 Å². The van der Waals surface area contributed by atoms with E-state index in [0.29, 0.717) is 0 Å². The Morgan fingerprint density at radius 2 is 1.60 bits per heavy atom. The number of hydrogen-bond donors (Lipinski definition) is 2. The summed E-state index contributed by atoms with van der Waals surface area (Å²) < 4.78 is 0. The molecular formula is C7H10O2Po. The van der Waals surface area contributed by atoms with E-state index in [2.05, 4.69) is 0 Å². The maximum absolute atomic E-state index is 8.77. The standard InChI is InChI=1S/C7H8O2.Po.2H/c8-5-6-1-3-7(9)4-2-6;;;/h1-4,8-9H,5H2;;;. The van der Waals surface area contributed by atoms with Gasteiger partial charge in [-0.1, -0.05) is 12.1 Å². The summed E-state index contributed by atoms with van der Waals surface area (Å²) in [6, 6.07) is 6.45. The van der Waals surface area contributed by atoms with Crippen LogP contribution in [0.1, 0.15) is 5.56 Å². The number of aliphatic hydroxyl groups excluding tert-OH is 1. The number of hydrogen-bond acceptors (Lipinski definition) is 2. The Labute approximate surface area is 79.0 Å². The van der Waals surface area contributed by atoms with Crippen molar-refractivity contribution in [1.29, 1.82) is 0 Å². The second-order valence-corrected chi connectivity index (χ2v) is 1.82. The molecular weight excluding hydrogens is 325 g/mol. The zero-order valence-electron chi connectivity index (χ0n) is 5.41. The van der Waals surface area contributed by atoms with Crippen LogP contribution in [0.2, 0.25) is 0 Å². The molecule has 10 heavy (non-hydrogen) atoms. The molecule has 0 unspecified atom stereocenters. The third kappa shape index (κ3) is 2.64. The Kier molecular flexibility index (Phi) is 4.60. The van der Waals surface area contributed by atoms with Crippen LogP contribution in [0.5, 0.6) is 5.75 Å². The summed E-state index contributed by atoms with van der Waals surface area (Å²) in [6.07, 6.45) is 0. The van der Waals surface area contributed by atoms with Gasteiger partial charge in [0.15, 0.2) is 0 Å². The van der Waals surface area contributed by atoms with Gasteiger partial charge in [-0.15, -0.1) is 0 Å². The van der Waals surface area contributed by atoms with Crippen molar-refractivity contribution in [3.63, 3.8) is 0 Å². The molecule has 0 aliphatic rings. The van der Waals surface area contributed by atoms with Crippen molar-refractivity contribution in [3.05, 3.63) is 29.8 Å². The van der Waals surface area contributed by atoms with Crippen LogP contribution in [-0.2, 0) is 6.61 Å². The van der Waals surface area contributed by atoms with Crippen LogP contribution in [0.25, 0.3) is 0 Å². The van der Waals surface area contributed by atoms with Crippen LogP contribution < -0.4 is 0 Å². The zero-order chi connectivity index (χ0) is 6.69. The van der Waals surface area contributed by atoms with E-state index in [9.17, 15) is 0 Å². The molecule has 0 saturated carbocycles. The Balaban J connectivity index is 0.000000810. The van der Waals surface area contributed by atoms with E-state index in [4.69, 9.17) is 10.2 Å². The van der Waals surface area contributed by atoms with E-state index in [-0.39, 0.29) is 38.9 Å². The molecule has 0 fully saturated rings. The molecule has 2 N–H and O–H groups in total. The van der Waals surface area contributed by atoms with E-state index in [1.807, 2.05) is 0 Å². The summed E-state index contributed by atoms with van der Waals surface area (Å²) in [4.78, 5) is 0. The summed E-state index contributed by atoms with van der Waals surface area (Å²) in [5, 5.41) is 17.3. The fourth-order valence-corrected chi connectivity index (χ4v) is 0.601. The van der Waals surface area contributed by atoms with Gasteiger partial charge in [0.1, 0.15) is 5.75 Å². The first kappa shape index (κ1) is 9.88. The Bertz CT molecular complexity index is 183. The van der Waals surface area contributed by atoms with Gasteiger partial charge in [0.05, 0.1) is 6.61 Å². The van der Waals surface area contributed by atoms with Crippen LogP contribution in [-0.4, -0.2) is 36.8 Å². The molecule has 3 heteroatoms. The second-order valence-electron chi connectivity index (χ2n) is 1.82. The quantitative estimate of drug-likeness (QED) is 0.757. The number of rotatable bonds is 1. The number of phenols is 1. The monoisotopic (exact) mass is 335 g/mol. The minimum atomic E-state index is 0. The zero-order valence-corrected chi connectivity index (χ0v) is 9.30. The van der Waals surface area contributed by atoms with Gasteiger partial charge in [-0.3, -0.25) is 0 Å². The van der Waals surface area contributed by atoms with Gasteiger partial charge in [-0.25, -0.2) is 0 Å². The molecule has 1 aromatic carbocycles. The summed E-state index contributed by atoms with van der Waals surface area (Å²) in [5.74, 6) is 0.229. The first-order valence-electron chi connectivity index (χ1n) is 2.71. The average Bonchev–Trinajstić information content (AvgIpc) is 1.90. The molecule has 1 aromatic rings. The van der Waals surface area contributed by atoms with Crippen molar-refractivity contribution in [2.45, 2.75) is 6.61 Å². The molecule has 0 aliphatic heterocycles. The van der Waals surface area contributed by atoms with Crippen molar-refractivity contribution in [2.24, 2.45) is 0 Å². The molecule has 1 rings (SSSR count). The van der Waals surface area contributed by atoms with E-state index in [1.54, 1.807) is 24.3 Å². The molecule has 0 saturated heterocycles. The first-order chi connectivity index (χ1) is 4.33. The third-order valence-electron chi connectivity index (χ3n) is 1.12.